The second-order valence-electron chi connectivity index (χ2n) is 8.16. The zero-order chi connectivity index (χ0) is 25.5. The molecule has 2 aromatic carbocycles. The Morgan fingerprint density at radius 3 is 2.12 bits per heavy atom. The van der Waals surface area contributed by atoms with E-state index in [0.29, 0.717) is 11.5 Å². The van der Waals surface area contributed by atoms with Gasteiger partial charge in [0.15, 0.2) is 11.5 Å². The number of hydrogen-bond donors (Lipinski definition) is 1. The Bertz CT molecular complexity index is 1090. The van der Waals surface area contributed by atoms with Crippen LogP contribution >= 0.6 is 0 Å². The quantitative estimate of drug-likeness (QED) is 0.518. The van der Waals surface area contributed by atoms with E-state index in [1.165, 1.54) is 31.3 Å². The lowest BCUT2D eigenvalue weighted by atomic mass is 10.1. The van der Waals surface area contributed by atoms with Crippen LogP contribution in [0.3, 0.4) is 0 Å². The number of ether oxygens (including phenoxy) is 2. The Labute approximate surface area is 201 Å². The third-order valence-electron chi connectivity index (χ3n) is 5.13. The number of sulfonamides is 1. The topological polar surface area (TPSA) is 105 Å². The zero-order valence-corrected chi connectivity index (χ0v) is 21.3. The highest BCUT2D eigenvalue weighted by Gasteiger charge is 2.30. The molecule has 0 spiro atoms. The molecule has 0 saturated carbocycles. The lowest BCUT2D eigenvalue weighted by molar-refractivity contribution is -0.139. The number of methoxy groups -OCH3 is 2. The Hall–Kier alpha value is -3.27. The van der Waals surface area contributed by atoms with Crippen molar-refractivity contribution in [3.8, 4) is 11.5 Å². The third-order valence-corrected chi connectivity index (χ3v) is 6.27. The van der Waals surface area contributed by atoms with E-state index in [1.54, 1.807) is 13.0 Å². The predicted octanol–water partition coefficient (Wildman–Crippen LogP) is 2.41. The molecule has 0 saturated heterocycles. The minimum absolute atomic E-state index is 0.108. The Morgan fingerprint density at radius 1 is 0.971 bits per heavy atom. The largest absolute Gasteiger partial charge is 0.493 e. The van der Waals surface area contributed by atoms with Crippen LogP contribution in [0.5, 0.6) is 11.5 Å². The van der Waals surface area contributed by atoms with E-state index in [4.69, 9.17) is 9.47 Å². The number of benzene rings is 2. The summed E-state index contributed by atoms with van der Waals surface area (Å²) in [4.78, 5) is 27.6. The van der Waals surface area contributed by atoms with Crippen molar-refractivity contribution in [2.24, 2.45) is 0 Å². The van der Waals surface area contributed by atoms with Crippen molar-refractivity contribution in [3.63, 3.8) is 0 Å². The maximum Gasteiger partial charge on any atom is 0.244 e. The molecule has 1 N–H and O–H groups in total. The van der Waals surface area contributed by atoms with E-state index in [-0.39, 0.29) is 24.2 Å². The molecule has 0 fully saturated rings. The van der Waals surface area contributed by atoms with Gasteiger partial charge in [-0.3, -0.25) is 13.9 Å². The van der Waals surface area contributed by atoms with Gasteiger partial charge in [0.1, 0.15) is 12.6 Å². The van der Waals surface area contributed by atoms with Crippen molar-refractivity contribution in [1.82, 2.24) is 10.2 Å². The van der Waals surface area contributed by atoms with Crippen molar-refractivity contribution < 1.29 is 27.5 Å². The first-order chi connectivity index (χ1) is 16.0. The average molecular weight is 492 g/mol. The van der Waals surface area contributed by atoms with Gasteiger partial charge in [-0.1, -0.05) is 30.3 Å². The van der Waals surface area contributed by atoms with Crippen LogP contribution in [0.4, 0.5) is 5.69 Å². The monoisotopic (exact) mass is 491 g/mol. The number of hydrogen-bond acceptors (Lipinski definition) is 6. The number of amides is 2. The molecular weight excluding hydrogens is 458 g/mol. The number of nitrogens with one attached hydrogen (secondary N) is 1. The summed E-state index contributed by atoms with van der Waals surface area (Å²) in [6, 6.07) is 12.9. The summed E-state index contributed by atoms with van der Waals surface area (Å²) < 4.78 is 36.8. The van der Waals surface area contributed by atoms with Crippen molar-refractivity contribution in [1.29, 1.82) is 0 Å². The van der Waals surface area contributed by atoms with E-state index in [1.807, 2.05) is 44.2 Å². The molecular formula is C24H33N3O6S. The molecule has 2 aromatic rings. The first-order valence-electron chi connectivity index (χ1n) is 10.8. The molecule has 9 nitrogen and oxygen atoms in total. The molecule has 0 unspecified atom stereocenters. The predicted molar refractivity (Wildman–Crippen MR) is 131 cm³/mol. The molecule has 1 atom stereocenters. The van der Waals surface area contributed by atoms with E-state index >= 15 is 0 Å². The Kier molecular flexibility index (Phi) is 9.31. The molecule has 0 bridgehead atoms. The van der Waals surface area contributed by atoms with Gasteiger partial charge in [0.05, 0.1) is 26.2 Å². The van der Waals surface area contributed by atoms with E-state index in [2.05, 4.69) is 5.32 Å². The van der Waals surface area contributed by atoms with Crippen molar-refractivity contribution in [2.75, 3.05) is 31.3 Å². The minimum Gasteiger partial charge on any atom is -0.493 e. The van der Waals surface area contributed by atoms with Gasteiger partial charge in [0, 0.05) is 18.7 Å². The molecule has 0 aliphatic heterocycles. The van der Waals surface area contributed by atoms with E-state index in [9.17, 15) is 18.0 Å². The SMILES string of the molecule is COc1ccc(N(CC(=O)N(Cc2ccccc2)[C@H](C)C(=O)NC(C)C)S(C)(=O)=O)cc1OC. The van der Waals surface area contributed by atoms with Crippen molar-refractivity contribution in [3.05, 3.63) is 54.1 Å². The maximum absolute atomic E-state index is 13.5. The number of rotatable bonds is 11. The lowest BCUT2D eigenvalue weighted by Crippen LogP contribution is -2.52. The van der Waals surface area contributed by atoms with Gasteiger partial charge in [-0.15, -0.1) is 0 Å². The third kappa shape index (κ3) is 7.11. The molecule has 186 valence electrons. The molecule has 34 heavy (non-hydrogen) atoms. The first kappa shape index (κ1) is 27.0. The fourth-order valence-corrected chi connectivity index (χ4v) is 4.20. The molecule has 0 heterocycles. The second-order valence-corrected chi connectivity index (χ2v) is 10.1. The summed E-state index contributed by atoms with van der Waals surface area (Å²) in [5.41, 5.74) is 1.06. The standard InChI is InChI=1S/C24H33N3O6S/c1-17(2)25-24(29)18(3)26(15-19-10-8-7-9-11-19)23(28)16-27(34(6,30)31)20-12-13-21(32-4)22(14-20)33-5/h7-14,17-18H,15-16H2,1-6H3,(H,25,29)/t18-/m1/s1. The Morgan fingerprint density at radius 2 is 1.59 bits per heavy atom. The van der Waals surface area contributed by atoms with Gasteiger partial charge >= 0.3 is 0 Å². The minimum atomic E-state index is -3.84. The van der Waals surface area contributed by atoms with Gasteiger partial charge in [-0.25, -0.2) is 8.42 Å². The average Bonchev–Trinajstić information content (AvgIpc) is 2.79. The second kappa shape index (κ2) is 11.7. The number of carbonyl (C=O) groups excluding carboxylic acids is 2. The summed E-state index contributed by atoms with van der Waals surface area (Å²) in [6.45, 7) is 4.95. The van der Waals surface area contributed by atoms with E-state index < -0.39 is 28.5 Å². The lowest BCUT2D eigenvalue weighted by Gasteiger charge is -2.32. The van der Waals surface area contributed by atoms with Gasteiger partial charge in [-0.05, 0) is 38.5 Å². The summed E-state index contributed by atoms with van der Waals surface area (Å²) >= 11 is 0. The van der Waals surface area contributed by atoms with Gasteiger partial charge in [0.25, 0.3) is 0 Å². The summed E-state index contributed by atoms with van der Waals surface area (Å²) in [7, 11) is -0.929. The fraction of sp³-hybridized carbons (Fsp3) is 0.417. The summed E-state index contributed by atoms with van der Waals surface area (Å²) in [6.07, 6.45) is 1.02. The summed E-state index contributed by atoms with van der Waals surface area (Å²) in [5, 5.41) is 2.81. The van der Waals surface area contributed by atoms with Crippen LogP contribution in [0.15, 0.2) is 48.5 Å². The molecule has 2 amide bonds. The normalized spacial score (nSPS) is 12.1. The highest BCUT2D eigenvalue weighted by Crippen LogP contribution is 2.32. The number of carbonyl (C=O) groups is 2. The molecule has 0 radical (unpaired) electrons. The van der Waals surface area contributed by atoms with Crippen molar-refractivity contribution in [2.45, 2.75) is 39.4 Å². The van der Waals surface area contributed by atoms with Crippen LogP contribution in [0.2, 0.25) is 0 Å². The van der Waals surface area contributed by atoms with E-state index in [0.717, 1.165) is 16.1 Å². The highest BCUT2D eigenvalue weighted by molar-refractivity contribution is 7.92. The van der Waals surface area contributed by atoms with Crippen LogP contribution in [0.1, 0.15) is 26.3 Å². The summed E-state index contributed by atoms with van der Waals surface area (Å²) in [5.74, 6) is -0.0885. The van der Waals surface area contributed by atoms with Crippen LogP contribution < -0.4 is 19.1 Å². The molecule has 2 rings (SSSR count). The van der Waals surface area contributed by atoms with Crippen LogP contribution in [-0.2, 0) is 26.2 Å². The maximum atomic E-state index is 13.5. The smallest absolute Gasteiger partial charge is 0.244 e. The van der Waals surface area contributed by atoms with Crippen LogP contribution in [0.25, 0.3) is 0 Å². The molecule has 0 aliphatic rings. The highest BCUT2D eigenvalue weighted by atomic mass is 32.2. The molecule has 0 aliphatic carbocycles. The number of anilines is 1. The van der Waals surface area contributed by atoms with Gasteiger partial charge in [-0.2, -0.15) is 0 Å². The number of nitrogens with zero attached hydrogens (tertiary/aromatic N) is 2. The zero-order valence-electron chi connectivity index (χ0n) is 20.4. The van der Waals surface area contributed by atoms with Crippen LogP contribution in [-0.4, -0.2) is 64.2 Å². The first-order valence-corrected chi connectivity index (χ1v) is 12.7. The van der Waals surface area contributed by atoms with Gasteiger partial charge in [0.2, 0.25) is 21.8 Å². The fourth-order valence-electron chi connectivity index (χ4n) is 3.36. The van der Waals surface area contributed by atoms with Gasteiger partial charge < -0.3 is 19.7 Å². The Balaban J connectivity index is 2.41. The molecule has 10 heteroatoms. The molecule has 0 aromatic heterocycles. The van der Waals surface area contributed by atoms with Crippen molar-refractivity contribution >= 4 is 27.5 Å². The van der Waals surface area contributed by atoms with Crippen LogP contribution in [0, 0.1) is 0 Å².